The Morgan fingerprint density at radius 3 is 2.70 bits per heavy atom. The van der Waals surface area contributed by atoms with Crippen LogP contribution >= 0.6 is 11.8 Å². The molecule has 1 atom stereocenters. The van der Waals surface area contributed by atoms with E-state index in [1.807, 2.05) is 10.6 Å². The van der Waals surface area contributed by atoms with Crippen LogP contribution in [0.2, 0.25) is 0 Å². The number of alkyl halides is 3. The second-order valence-corrected chi connectivity index (χ2v) is 8.95. The van der Waals surface area contributed by atoms with Gasteiger partial charge in [0.2, 0.25) is 0 Å². The predicted molar refractivity (Wildman–Crippen MR) is 125 cm³/mol. The van der Waals surface area contributed by atoms with Crippen LogP contribution in [0.15, 0.2) is 35.5 Å². The van der Waals surface area contributed by atoms with Crippen LogP contribution in [0, 0.1) is 18.2 Å². The minimum absolute atomic E-state index is 0.166. The van der Waals surface area contributed by atoms with Gasteiger partial charge in [0, 0.05) is 29.1 Å². The van der Waals surface area contributed by atoms with Crippen molar-refractivity contribution in [3.63, 3.8) is 0 Å². The van der Waals surface area contributed by atoms with Crippen molar-refractivity contribution < 1.29 is 17.6 Å². The zero-order valence-electron chi connectivity index (χ0n) is 18.1. The lowest BCUT2D eigenvalue weighted by molar-refractivity contribution is -0.151. The molecule has 2 aromatic heterocycles. The summed E-state index contributed by atoms with van der Waals surface area (Å²) in [5.41, 5.74) is 3.81. The second-order valence-electron chi connectivity index (χ2n) is 7.89. The smallest absolute Gasteiger partial charge is 0.308 e. The molecule has 0 spiro atoms. The van der Waals surface area contributed by atoms with Gasteiger partial charge in [-0.05, 0) is 56.1 Å². The number of rotatable bonds is 6. The van der Waals surface area contributed by atoms with E-state index in [2.05, 4.69) is 15.3 Å². The van der Waals surface area contributed by atoms with Crippen LogP contribution in [0.1, 0.15) is 23.6 Å². The third kappa shape index (κ3) is 4.67. The van der Waals surface area contributed by atoms with Crippen molar-refractivity contribution in [1.82, 2.24) is 14.9 Å². The van der Waals surface area contributed by atoms with Gasteiger partial charge in [-0.2, -0.15) is 13.2 Å². The number of benzene rings is 1. The molecule has 0 fully saturated rings. The molecule has 174 valence electrons. The maximum atomic E-state index is 14.4. The van der Waals surface area contributed by atoms with E-state index in [1.165, 1.54) is 12.3 Å². The van der Waals surface area contributed by atoms with E-state index in [4.69, 9.17) is 5.41 Å². The summed E-state index contributed by atoms with van der Waals surface area (Å²) in [5, 5.41) is 11.9. The van der Waals surface area contributed by atoms with E-state index in [-0.39, 0.29) is 12.4 Å². The fourth-order valence-electron chi connectivity index (χ4n) is 3.75. The van der Waals surface area contributed by atoms with Crippen molar-refractivity contribution in [3.05, 3.63) is 53.0 Å². The molecule has 0 saturated carbocycles. The maximum absolute atomic E-state index is 14.4. The highest BCUT2D eigenvalue weighted by Gasteiger charge is 2.35. The first-order valence-electron chi connectivity index (χ1n) is 10.5. The monoisotopic (exact) mass is 477 g/mol. The summed E-state index contributed by atoms with van der Waals surface area (Å²) in [6.45, 7) is 3.63. The summed E-state index contributed by atoms with van der Waals surface area (Å²) >= 11 is 1.59. The number of aryl methyl sites for hydroxylation is 1. The average molecular weight is 478 g/mol. The molecule has 1 aliphatic rings. The lowest BCUT2D eigenvalue weighted by Crippen LogP contribution is -2.40. The third-order valence-corrected chi connectivity index (χ3v) is 6.57. The van der Waals surface area contributed by atoms with E-state index in [1.54, 1.807) is 37.0 Å². The van der Waals surface area contributed by atoms with Gasteiger partial charge in [-0.3, -0.25) is 14.5 Å². The molecule has 0 aliphatic carbocycles. The molecule has 4 rings (SSSR count). The van der Waals surface area contributed by atoms with E-state index < -0.39 is 12.2 Å². The van der Waals surface area contributed by atoms with Crippen LogP contribution in [0.5, 0.6) is 0 Å². The number of fused-ring (bicyclic) bond motifs is 1. The number of halogens is 4. The highest BCUT2D eigenvalue weighted by atomic mass is 32.2. The summed E-state index contributed by atoms with van der Waals surface area (Å²) in [4.78, 5) is 9.13. The predicted octanol–water partition coefficient (Wildman–Crippen LogP) is 5.18. The molecule has 1 unspecified atom stereocenters. The Bertz CT molecular complexity index is 1210. The van der Waals surface area contributed by atoms with Crippen molar-refractivity contribution in [1.29, 1.82) is 5.41 Å². The van der Waals surface area contributed by atoms with Crippen LogP contribution < -0.4 is 5.32 Å². The molecule has 3 aromatic rings. The van der Waals surface area contributed by atoms with Crippen molar-refractivity contribution in [2.45, 2.75) is 32.5 Å². The zero-order chi connectivity index (χ0) is 23.8. The minimum atomic E-state index is -4.28. The van der Waals surface area contributed by atoms with Crippen molar-refractivity contribution in [2.75, 3.05) is 18.8 Å². The molecule has 0 amide bonds. The van der Waals surface area contributed by atoms with E-state index >= 15 is 0 Å². The fraction of sp³-hybridized carbons (Fsp3) is 0.348. The lowest BCUT2D eigenvalue weighted by atomic mass is 10.1. The molecule has 3 heterocycles. The van der Waals surface area contributed by atoms with Crippen molar-refractivity contribution in [3.8, 4) is 11.4 Å². The highest BCUT2D eigenvalue weighted by molar-refractivity contribution is 8.14. The van der Waals surface area contributed by atoms with Crippen molar-refractivity contribution >= 4 is 34.0 Å². The molecule has 0 saturated heterocycles. The molecular formula is C23H23F4N5S. The normalized spacial score (nSPS) is 15.2. The molecule has 0 bridgehead atoms. The van der Waals surface area contributed by atoms with Crippen LogP contribution in [-0.4, -0.2) is 52.0 Å². The number of thioether (sulfide) groups is 1. The number of aromatic nitrogens is 2. The Labute approximate surface area is 192 Å². The van der Waals surface area contributed by atoms with Crippen LogP contribution in [0.4, 0.5) is 17.6 Å². The maximum Gasteiger partial charge on any atom is 0.403 e. The number of pyridine rings is 1. The zero-order valence-corrected chi connectivity index (χ0v) is 18.9. The fourth-order valence-corrected chi connectivity index (χ4v) is 4.62. The second kappa shape index (κ2) is 9.26. The van der Waals surface area contributed by atoms with Gasteiger partial charge >= 0.3 is 6.18 Å². The van der Waals surface area contributed by atoms with E-state index in [0.717, 1.165) is 28.9 Å². The van der Waals surface area contributed by atoms with Gasteiger partial charge in [-0.25, -0.2) is 4.39 Å². The number of hydrogen-bond donors (Lipinski definition) is 2. The largest absolute Gasteiger partial charge is 0.403 e. The number of hydrogen-bond acceptors (Lipinski definition) is 5. The van der Waals surface area contributed by atoms with Crippen LogP contribution in [-0.2, 0) is 6.42 Å². The molecule has 0 radical (unpaired) electrons. The van der Waals surface area contributed by atoms with E-state index in [9.17, 15) is 17.6 Å². The Kier molecular flexibility index (Phi) is 6.58. The number of nitrogens with one attached hydrogen (secondary N) is 2. The first kappa shape index (κ1) is 23.4. The first-order valence-corrected chi connectivity index (χ1v) is 11.5. The number of nitrogens with zero attached hydrogens (tertiary/aromatic N) is 3. The summed E-state index contributed by atoms with van der Waals surface area (Å²) < 4.78 is 54.3. The van der Waals surface area contributed by atoms with Gasteiger partial charge in [0.05, 0.1) is 23.4 Å². The highest BCUT2D eigenvalue weighted by Crippen LogP contribution is 2.35. The van der Waals surface area contributed by atoms with Gasteiger partial charge in [0.25, 0.3) is 0 Å². The van der Waals surface area contributed by atoms with Gasteiger partial charge in [0.15, 0.2) is 5.17 Å². The summed E-state index contributed by atoms with van der Waals surface area (Å²) in [7, 11) is 0. The molecule has 2 N–H and O–H groups in total. The van der Waals surface area contributed by atoms with Gasteiger partial charge in [-0.1, -0.05) is 17.8 Å². The van der Waals surface area contributed by atoms with Gasteiger partial charge in [-0.15, -0.1) is 0 Å². The van der Waals surface area contributed by atoms with Crippen LogP contribution in [0.3, 0.4) is 0 Å². The molecule has 1 aliphatic heterocycles. The molecule has 33 heavy (non-hydrogen) atoms. The minimum Gasteiger partial charge on any atom is -0.308 e. The summed E-state index contributed by atoms with van der Waals surface area (Å²) in [6, 6.07) is 5.21. The first-order chi connectivity index (χ1) is 15.7. The standard InChI is InChI=1S/C23H23F4N5S/c1-13-9-20-16(10-18(13)24)17(11-28)21(32(20)22-30-7-8-33-22)19-4-3-15(12-31-19)5-6-29-14(2)23(25,26)27/h3-4,9-12,14,28-29H,5-8H2,1-2H3. The van der Waals surface area contributed by atoms with Gasteiger partial charge in [0.1, 0.15) is 11.9 Å². The summed E-state index contributed by atoms with van der Waals surface area (Å²) in [6.07, 6.45) is -1.07. The van der Waals surface area contributed by atoms with Crippen molar-refractivity contribution in [2.24, 2.45) is 4.99 Å². The number of aliphatic imine (C=N–C) groups is 1. The third-order valence-electron chi connectivity index (χ3n) is 5.61. The molecule has 1 aromatic carbocycles. The Hall–Kier alpha value is -2.72. The Morgan fingerprint density at radius 1 is 1.30 bits per heavy atom. The average Bonchev–Trinajstić information content (AvgIpc) is 3.40. The molecule has 10 heteroatoms. The van der Waals surface area contributed by atoms with Crippen LogP contribution in [0.25, 0.3) is 22.3 Å². The Morgan fingerprint density at radius 2 is 2.09 bits per heavy atom. The molecular weight excluding hydrogens is 454 g/mol. The Balaban J connectivity index is 1.70. The molecule has 5 nitrogen and oxygen atoms in total. The summed E-state index contributed by atoms with van der Waals surface area (Å²) in [5.74, 6) is 0.490. The van der Waals surface area contributed by atoms with Gasteiger partial charge < -0.3 is 10.7 Å². The quantitative estimate of drug-likeness (QED) is 0.380. The lowest BCUT2D eigenvalue weighted by Gasteiger charge is -2.17. The topological polar surface area (TPSA) is 66.1 Å². The SMILES string of the molecule is Cc1cc2c(cc1F)c(C=N)c(-c1ccc(CCNC(C)C(F)(F)F)cn1)n2C1=NCCS1. The van der Waals surface area contributed by atoms with E-state index in [0.29, 0.717) is 40.9 Å².